The first-order chi connectivity index (χ1) is 8.41. The molecule has 0 atom stereocenters. The van der Waals surface area contributed by atoms with Crippen LogP contribution in [0.5, 0.6) is 0 Å². The van der Waals surface area contributed by atoms with Gasteiger partial charge in [0.2, 0.25) is 0 Å². The van der Waals surface area contributed by atoms with E-state index >= 15 is 0 Å². The number of hydrogen-bond acceptors (Lipinski definition) is 0. The van der Waals surface area contributed by atoms with Crippen LogP contribution >= 0.6 is 0 Å². The summed E-state index contributed by atoms with van der Waals surface area (Å²) in [4.78, 5) is 0. The fourth-order valence-corrected chi connectivity index (χ4v) is 2.37. The van der Waals surface area contributed by atoms with Crippen molar-refractivity contribution in [2.75, 3.05) is 0 Å². The van der Waals surface area contributed by atoms with Crippen LogP contribution in [0.25, 0.3) is 0 Å². The molecule has 0 amide bonds. The first-order valence-corrected chi connectivity index (χ1v) is 8.21. The SMILES string of the molecule is [CH2]CCCCCCCCCCCCCCCC.[KH]. The molecule has 0 aromatic rings. The average Bonchev–Trinajstić information content (AvgIpc) is 2.35. The van der Waals surface area contributed by atoms with Crippen LogP contribution < -0.4 is 0 Å². The fraction of sp³-hybridized carbons (Fsp3) is 0.941. The van der Waals surface area contributed by atoms with E-state index in [0.29, 0.717) is 0 Å². The van der Waals surface area contributed by atoms with Gasteiger partial charge in [0.05, 0.1) is 0 Å². The topological polar surface area (TPSA) is 0 Å². The molecular formula is C17H36K. The first-order valence-electron chi connectivity index (χ1n) is 8.21. The molecule has 0 fully saturated rings. The fourth-order valence-electron chi connectivity index (χ4n) is 2.37. The molecule has 1 radical (unpaired) electrons. The van der Waals surface area contributed by atoms with Gasteiger partial charge < -0.3 is 0 Å². The summed E-state index contributed by atoms with van der Waals surface area (Å²) in [5.74, 6) is 0. The Balaban J connectivity index is 0. The van der Waals surface area contributed by atoms with Gasteiger partial charge in [-0.3, -0.25) is 0 Å². The molecule has 0 N–H and O–H groups in total. The van der Waals surface area contributed by atoms with Crippen LogP contribution in [0.1, 0.15) is 103 Å². The molecule has 1 heteroatoms. The summed E-state index contributed by atoms with van der Waals surface area (Å²) in [6.45, 7) is 6.17. The van der Waals surface area contributed by atoms with Gasteiger partial charge in [0, 0.05) is 0 Å². The summed E-state index contributed by atoms with van der Waals surface area (Å²) in [5.41, 5.74) is 0. The molecule has 0 unspecified atom stereocenters. The van der Waals surface area contributed by atoms with Crippen molar-refractivity contribution in [2.24, 2.45) is 0 Å². The van der Waals surface area contributed by atoms with Crippen molar-refractivity contribution in [3.8, 4) is 0 Å². The third-order valence-corrected chi connectivity index (χ3v) is 3.60. The van der Waals surface area contributed by atoms with Gasteiger partial charge in [0.25, 0.3) is 0 Å². The molecule has 0 saturated heterocycles. The molecule has 0 aliphatic rings. The second kappa shape index (κ2) is 20.9. The summed E-state index contributed by atoms with van der Waals surface area (Å²) >= 11 is 0. The van der Waals surface area contributed by atoms with Crippen LogP contribution in [-0.2, 0) is 0 Å². The van der Waals surface area contributed by atoms with Gasteiger partial charge in [-0.15, -0.1) is 0 Å². The summed E-state index contributed by atoms with van der Waals surface area (Å²) in [6.07, 6.45) is 21.3. The van der Waals surface area contributed by atoms with Crippen LogP contribution in [-0.4, -0.2) is 51.4 Å². The van der Waals surface area contributed by atoms with Gasteiger partial charge in [-0.25, -0.2) is 0 Å². The Labute approximate surface area is 160 Å². The molecular weight excluding hydrogens is 243 g/mol. The van der Waals surface area contributed by atoms with Crippen molar-refractivity contribution in [1.82, 2.24) is 0 Å². The van der Waals surface area contributed by atoms with Crippen molar-refractivity contribution in [3.05, 3.63) is 6.92 Å². The number of unbranched alkanes of at least 4 members (excludes halogenated alkanes) is 14. The van der Waals surface area contributed by atoms with Crippen molar-refractivity contribution < 1.29 is 0 Å². The third-order valence-electron chi connectivity index (χ3n) is 3.60. The van der Waals surface area contributed by atoms with E-state index in [1.807, 2.05) is 0 Å². The Morgan fingerprint density at radius 2 is 0.778 bits per heavy atom. The van der Waals surface area contributed by atoms with E-state index in [4.69, 9.17) is 0 Å². The molecule has 0 saturated carbocycles. The first kappa shape index (κ1) is 21.9. The summed E-state index contributed by atoms with van der Waals surface area (Å²) in [6, 6.07) is 0. The number of rotatable bonds is 14. The molecule has 0 heterocycles. The monoisotopic (exact) mass is 279 g/mol. The summed E-state index contributed by atoms with van der Waals surface area (Å²) in [5, 5.41) is 0. The zero-order chi connectivity index (χ0) is 12.6. The maximum absolute atomic E-state index is 3.88. The van der Waals surface area contributed by atoms with E-state index in [0.717, 1.165) is 6.42 Å². The Hall–Kier alpha value is 1.64. The minimum atomic E-state index is 0. The third kappa shape index (κ3) is 20.0. The van der Waals surface area contributed by atoms with Gasteiger partial charge in [0.1, 0.15) is 0 Å². The molecule has 0 aromatic heterocycles. The van der Waals surface area contributed by atoms with Gasteiger partial charge in [-0.1, -0.05) is 110 Å². The van der Waals surface area contributed by atoms with Gasteiger partial charge in [-0.2, -0.15) is 0 Å². The van der Waals surface area contributed by atoms with Crippen molar-refractivity contribution in [2.45, 2.75) is 103 Å². The predicted octanol–water partition coefficient (Wildman–Crippen LogP) is 6.04. The van der Waals surface area contributed by atoms with E-state index in [-0.39, 0.29) is 51.4 Å². The number of hydrogen-bond donors (Lipinski definition) is 0. The quantitative estimate of drug-likeness (QED) is 0.268. The second-order valence-electron chi connectivity index (χ2n) is 5.45. The van der Waals surface area contributed by atoms with Gasteiger partial charge in [-0.05, 0) is 0 Å². The van der Waals surface area contributed by atoms with E-state index in [1.54, 1.807) is 0 Å². The normalized spacial score (nSPS) is 10.3. The predicted molar refractivity (Wildman–Crippen MR) is 87.4 cm³/mol. The summed E-state index contributed by atoms with van der Waals surface area (Å²) < 4.78 is 0. The second-order valence-corrected chi connectivity index (χ2v) is 5.45. The van der Waals surface area contributed by atoms with Crippen LogP contribution in [0.3, 0.4) is 0 Å². The molecule has 0 nitrogen and oxygen atoms in total. The average molecular weight is 280 g/mol. The maximum atomic E-state index is 3.88. The molecule has 0 bridgehead atoms. The van der Waals surface area contributed by atoms with Crippen LogP contribution in [0.2, 0.25) is 0 Å². The Morgan fingerprint density at radius 3 is 1.06 bits per heavy atom. The Bertz CT molecular complexity index is 109. The van der Waals surface area contributed by atoms with Crippen molar-refractivity contribution in [3.63, 3.8) is 0 Å². The van der Waals surface area contributed by atoms with Gasteiger partial charge in [0.15, 0.2) is 0 Å². The van der Waals surface area contributed by atoms with E-state index in [1.165, 1.54) is 89.9 Å². The zero-order valence-electron chi connectivity index (χ0n) is 12.3. The Kier molecular flexibility index (Phi) is 25.5. The van der Waals surface area contributed by atoms with Crippen LogP contribution in [0.4, 0.5) is 0 Å². The summed E-state index contributed by atoms with van der Waals surface area (Å²) in [7, 11) is 0. The molecule has 0 aromatic carbocycles. The molecule has 18 heavy (non-hydrogen) atoms. The molecule has 0 aliphatic heterocycles. The van der Waals surface area contributed by atoms with Gasteiger partial charge >= 0.3 is 51.4 Å². The molecule has 0 aliphatic carbocycles. The van der Waals surface area contributed by atoms with Crippen molar-refractivity contribution >= 4 is 51.4 Å². The minimum absolute atomic E-state index is 0. The zero-order valence-corrected chi connectivity index (χ0v) is 12.3. The van der Waals surface area contributed by atoms with E-state index in [9.17, 15) is 0 Å². The van der Waals surface area contributed by atoms with Crippen molar-refractivity contribution in [1.29, 1.82) is 0 Å². The standard InChI is InChI=1S/C17H35.K.H/c1-3-5-7-9-11-13-15-17-16-14-12-10-8-6-4-2;;/h1,3-17H2,2H3;;. The van der Waals surface area contributed by atoms with E-state index < -0.39 is 0 Å². The molecule has 0 rings (SSSR count). The van der Waals surface area contributed by atoms with Crippen LogP contribution in [0.15, 0.2) is 0 Å². The molecule has 0 spiro atoms. The van der Waals surface area contributed by atoms with E-state index in [2.05, 4.69) is 13.8 Å². The van der Waals surface area contributed by atoms with Crippen LogP contribution in [0, 0.1) is 6.92 Å². The Morgan fingerprint density at radius 1 is 0.500 bits per heavy atom. The molecule has 105 valence electrons.